The van der Waals surface area contributed by atoms with Gasteiger partial charge in [-0.25, -0.2) is 20.2 Å². The fourth-order valence-corrected chi connectivity index (χ4v) is 3.04. The van der Waals surface area contributed by atoms with Crippen molar-refractivity contribution < 1.29 is 17.6 Å². The van der Waals surface area contributed by atoms with Crippen molar-refractivity contribution in [2.75, 3.05) is 16.9 Å². The van der Waals surface area contributed by atoms with E-state index < -0.39 is 17.6 Å². The van der Waals surface area contributed by atoms with Gasteiger partial charge in [-0.05, 0) is 37.3 Å². The summed E-state index contributed by atoms with van der Waals surface area (Å²) in [4.78, 5) is 12.4. The highest BCUT2D eigenvalue weighted by molar-refractivity contribution is 5.94. The van der Waals surface area contributed by atoms with Crippen LogP contribution in [0.2, 0.25) is 0 Å². The minimum Gasteiger partial charge on any atom is -0.338 e. The summed E-state index contributed by atoms with van der Waals surface area (Å²) in [5.74, 6) is 5.29. The van der Waals surface area contributed by atoms with Crippen LogP contribution in [0.3, 0.4) is 0 Å². The minimum atomic E-state index is -4.44. The number of nitrogens with zero attached hydrogens (tertiary/aromatic N) is 4. The van der Waals surface area contributed by atoms with Gasteiger partial charge in [0, 0.05) is 17.0 Å². The highest BCUT2D eigenvalue weighted by atomic mass is 19.4. The van der Waals surface area contributed by atoms with Crippen molar-refractivity contribution in [3.05, 3.63) is 60.0 Å². The van der Waals surface area contributed by atoms with Gasteiger partial charge in [0.15, 0.2) is 17.5 Å². The summed E-state index contributed by atoms with van der Waals surface area (Å²) in [5.41, 5.74) is 2.30. The van der Waals surface area contributed by atoms with Gasteiger partial charge in [0.2, 0.25) is 0 Å². The van der Waals surface area contributed by atoms with Crippen LogP contribution in [0.1, 0.15) is 12.5 Å². The van der Waals surface area contributed by atoms with Gasteiger partial charge in [-0.1, -0.05) is 12.1 Å². The second-order valence-electron chi connectivity index (χ2n) is 6.77. The lowest BCUT2D eigenvalue weighted by Crippen LogP contribution is -2.37. The highest BCUT2D eigenvalue weighted by Crippen LogP contribution is 2.34. The van der Waals surface area contributed by atoms with E-state index >= 15 is 0 Å². The molecule has 3 aromatic rings. The summed E-state index contributed by atoms with van der Waals surface area (Å²) in [5, 5.41) is 4.40. The second-order valence-corrected chi connectivity index (χ2v) is 6.77. The Kier molecular flexibility index (Phi) is 4.86. The highest BCUT2D eigenvalue weighted by Gasteiger charge is 2.30. The largest absolute Gasteiger partial charge is 0.416 e. The lowest BCUT2D eigenvalue weighted by atomic mass is 10.1. The number of aliphatic imine (C=N–C) groups is 1. The van der Waals surface area contributed by atoms with Crippen LogP contribution in [-0.4, -0.2) is 22.2 Å². The molecule has 3 N–H and O–H groups in total. The first-order valence-electron chi connectivity index (χ1n) is 8.88. The average Bonchev–Trinajstić information content (AvgIpc) is 2.69. The van der Waals surface area contributed by atoms with E-state index in [0.717, 1.165) is 24.0 Å². The molecule has 0 atom stereocenters. The van der Waals surface area contributed by atoms with Crippen LogP contribution in [0.15, 0.2) is 53.7 Å². The number of nitrogens with two attached hydrogens (primary N) is 1. The number of benzene rings is 2. The van der Waals surface area contributed by atoms with Crippen LogP contribution < -0.4 is 16.2 Å². The summed E-state index contributed by atoms with van der Waals surface area (Å²) in [6.45, 7) is 2.34. The third-order valence-corrected chi connectivity index (χ3v) is 4.47. The van der Waals surface area contributed by atoms with Gasteiger partial charge in [0.1, 0.15) is 0 Å². The molecule has 2 heterocycles. The van der Waals surface area contributed by atoms with Crippen LogP contribution in [0.25, 0.3) is 11.4 Å². The van der Waals surface area contributed by atoms with Crippen molar-refractivity contribution >= 4 is 28.6 Å². The molecule has 1 aliphatic heterocycles. The van der Waals surface area contributed by atoms with Gasteiger partial charge < -0.3 is 10.3 Å². The van der Waals surface area contributed by atoms with Gasteiger partial charge in [-0.2, -0.15) is 13.2 Å². The Morgan fingerprint density at radius 2 is 1.83 bits per heavy atom. The number of fused-ring (bicyclic) bond motifs is 1. The molecule has 2 aromatic carbocycles. The molecule has 0 unspecified atom stereocenters. The number of nitrogens with one attached hydrogen (secondary N) is 1. The molecule has 0 saturated carbocycles. The number of alkyl halides is 3. The van der Waals surface area contributed by atoms with Crippen LogP contribution in [0.4, 0.5) is 40.4 Å². The Balaban J connectivity index is 1.63. The maximum Gasteiger partial charge on any atom is 0.416 e. The maximum atomic E-state index is 14.3. The zero-order valence-corrected chi connectivity index (χ0v) is 15.7. The fraction of sp³-hybridized carbons (Fsp3) is 0.150. The van der Waals surface area contributed by atoms with E-state index in [2.05, 4.69) is 20.3 Å². The number of rotatable bonds is 3. The van der Waals surface area contributed by atoms with Crippen molar-refractivity contribution in [3.63, 3.8) is 0 Å². The van der Waals surface area contributed by atoms with Gasteiger partial charge >= 0.3 is 6.18 Å². The zero-order valence-electron chi connectivity index (χ0n) is 15.7. The van der Waals surface area contributed by atoms with E-state index in [1.807, 2.05) is 6.92 Å². The Morgan fingerprint density at radius 1 is 1.10 bits per heavy atom. The Labute approximate surface area is 169 Å². The van der Waals surface area contributed by atoms with Crippen molar-refractivity contribution in [2.24, 2.45) is 10.8 Å². The third kappa shape index (κ3) is 3.94. The van der Waals surface area contributed by atoms with E-state index in [9.17, 15) is 17.6 Å². The van der Waals surface area contributed by atoms with E-state index in [1.54, 1.807) is 18.2 Å². The number of aromatic nitrogens is 2. The summed E-state index contributed by atoms with van der Waals surface area (Å²) < 4.78 is 52.5. The SMILES string of the molecule is CC1=Nc2ccc(Nc3nc(-c4ccc(C(F)(F)F)cc4)ncc3F)cc2N(N)C1. The molecule has 0 spiro atoms. The van der Waals surface area contributed by atoms with Gasteiger partial charge in [-0.15, -0.1) is 0 Å². The molecule has 6 nitrogen and oxygen atoms in total. The average molecular weight is 416 g/mol. The van der Waals surface area contributed by atoms with Crippen LogP contribution in [0, 0.1) is 5.82 Å². The first-order valence-corrected chi connectivity index (χ1v) is 8.88. The molecule has 0 radical (unpaired) electrons. The standard InChI is InChI=1S/C20H16F4N6/c1-11-10-30(25)17-8-14(6-7-16(17)27-11)28-19-15(21)9-26-18(29-19)12-2-4-13(5-3-12)20(22,23)24/h2-9H,10,25H2,1H3,(H,26,28,29). The number of hydrogen-bond acceptors (Lipinski definition) is 6. The van der Waals surface area contributed by atoms with Crippen LogP contribution in [-0.2, 0) is 6.18 Å². The number of halogens is 4. The molecule has 0 amide bonds. The molecule has 4 rings (SSSR count). The number of hydrogen-bond donors (Lipinski definition) is 2. The van der Waals surface area contributed by atoms with Gasteiger partial charge in [-0.3, -0.25) is 4.99 Å². The summed E-state index contributed by atoms with van der Waals surface area (Å²) >= 11 is 0. The third-order valence-electron chi connectivity index (χ3n) is 4.47. The van der Waals surface area contributed by atoms with E-state index in [4.69, 9.17) is 5.84 Å². The van der Waals surface area contributed by atoms with Crippen molar-refractivity contribution in [1.29, 1.82) is 0 Å². The molecular formula is C20H16F4N6. The predicted octanol–water partition coefficient (Wildman–Crippen LogP) is 4.83. The molecule has 1 aliphatic rings. The number of anilines is 3. The van der Waals surface area contributed by atoms with E-state index in [0.29, 0.717) is 29.2 Å². The predicted molar refractivity (Wildman–Crippen MR) is 106 cm³/mol. The lowest BCUT2D eigenvalue weighted by Gasteiger charge is -2.25. The molecule has 0 fully saturated rings. The topological polar surface area (TPSA) is 79.4 Å². The first-order chi connectivity index (χ1) is 14.2. The summed E-state index contributed by atoms with van der Waals surface area (Å²) in [7, 11) is 0. The number of hydrazine groups is 1. The quantitative estimate of drug-likeness (QED) is 0.472. The molecule has 10 heteroatoms. The fourth-order valence-electron chi connectivity index (χ4n) is 3.04. The van der Waals surface area contributed by atoms with Gasteiger partial charge in [0.05, 0.1) is 29.7 Å². The molecule has 154 valence electrons. The molecule has 30 heavy (non-hydrogen) atoms. The molecular weight excluding hydrogens is 400 g/mol. The molecule has 0 bridgehead atoms. The van der Waals surface area contributed by atoms with Crippen molar-refractivity contribution in [3.8, 4) is 11.4 Å². The Bertz CT molecular complexity index is 1130. The second kappa shape index (κ2) is 7.38. The van der Waals surface area contributed by atoms with Crippen LogP contribution in [0.5, 0.6) is 0 Å². The maximum absolute atomic E-state index is 14.3. The van der Waals surface area contributed by atoms with E-state index in [1.165, 1.54) is 17.1 Å². The Hall–Kier alpha value is -3.53. The zero-order chi connectivity index (χ0) is 21.5. The smallest absolute Gasteiger partial charge is 0.338 e. The summed E-state index contributed by atoms with van der Waals surface area (Å²) in [6.07, 6.45) is -3.48. The normalized spacial score (nSPS) is 13.7. The lowest BCUT2D eigenvalue weighted by molar-refractivity contribution is -0.137. The van der Waals surface area contributed by atoms with Crippen molar-refractivity contribution in [2.45, 2.75) is 13.1 Å². The summed E-state index contributed by atoms with van der Waals surface area (Å²) in [6, 6.07) is 9.50. The molecule has 1 aromatic heterocycles. The Morgan fingerprint density at radius 3 is 2.53 bits per heavy atom. The van der Waals surface area contributed by atoms with E-state index in [-0.39, 0.29) is 11.6 Å². The molecule has 0 saturated heterocycles. The first kappa shape index (κ1) is 19.8. The van der Waals surface area contributed by atoms with Crippen LogP contribution >= 0.6 is 0 Å². The monoisotopic (exact) mass is 416 g/mol. The minimum absolute atomic E-state index is 0.0891. The van der Waals surface area contributed by atoms with Gasteiger partial charge in [0.25, 0.3) is 0 Å². The molecule has 0 aliphatic carbocycles. The van der Waals surface area contributed by atoms with Crippen molar-refractivity contribution in [1.82, 2.24) is 9.97 Å².